The third-order valence-corrected chi connectivity index (χ3v) is 4.03. The maximum Gasteiger partial charge on any atom is 0.243 e. The lowest BCUT2D eigenvalue weighted by Gasteiger charge is -2.08. The smallest absolute Gasteiger partial charge is 0.243 e. The van der Waals surface area contributed by atoms with E-state index in [1.54, 1.807) is 6.92 Å². The lowest BCUT2D eigenvalue weighted by atomic mass is 10.1. The van der Waals surface area contributed by atoms with Crippen LogP contribution in [0.15, 0.2) is 42.5 Å². The summed E-state index contributed by atoms with van der Waals surface area (Å²) in [7, 11) is 0. The number of ether oxygens (including phenoxy) is 1. The van der Waals surface area contributed by atoms with E-state index in [1.165, 1.54) is 6.07 Å². The van der Waals surface area contributed by atoms with Gasteiger partial charge in [-0.25, -0.2) is 13.8 Å². The zero-order valence-electron chi connectivity index (χ0n) is 14.0. The molecule has 0 spiro atoms. The number of benzene rings is 2. The van der Waals surface area contributed by atoms with Crippen LogP contribution in [0, 0.1) is 25.5 Å². The Hall–Kier alpha value is -3.35. The maximum absolute atomic E-state index is 13.8. The van der Waals surface area contributed by atoms with Crippen LogP contribution in [0.1, 0.15) is 11.3 Å². The van der Waals surface area contributed by atoms with Crippen LogP contribution >= 0.6 is 0 Å². The standard InChI is InChI=1S/C19H14F2N4O/c1-10-5-3-4-6-13(10)16-17-18(25-24-16)23-19(11(2)22-17)26-15-8-7-12(20)9-14(15)21/h3-9H,1-2H3,(H,23,24,25). The lowest BCUT2D eigenvalue weighted by molar-refractivity contribution is 0.420. The molecule has 4 rings (SSSR count). The first-order valence-electron chi connectivity index (χ1n) is 7.94. The molecule has 2 aromatic heterocycles. The van der Waals surface area contributed by atoms with Crippen LogP contribution in [0.4, 0.5) is 8.78 Å². The van der Waals surface area contributed by atoms with E-state index < -0.39 is 11.6 Å². The van der Waals surface area contributed by atoms with Crippen LogP contribution in [-0.4, -0.2) is 20.2 Å². The van der Waals surface area contributed by atoms with E-state index in [1.807, 2.05) is 31.2 Å². The molecule has 2 aromatic carbocycles. The molecule has 2 heterocycles. The molecule has 1 N–H and O–H groups in total. The zero-order chi connectivity index (χ0) is 18.3. The molecule has 0 amide bonds. The van der Waals surface area contributed by atoms with Crippen molar-refractivity contribution in [1.29, 1.82) is 0 Å². The van der Waals surface area contributed by atoms with E-state index in [0.29, 0.717) is 16.9 Å². The summed E-state index contributed by atoms with van der Waals surface area (Å²) >= 11 is 0. The number of hydrogen-bond donors (Lipinski definition) is 1. The Morgan fingerprint density at radius 2 is 1.81 bits per heavy atom. The van der Waals surface area contributed by atoms with E-state index in [0.717, 1.165) is 29.0 Å². The van der Waals surface area contributed by atoms with E-state index >= 15 is 0 Å². The first kappa shape index (κ1) is 16.1. The summed E-state index contributed by atoms with van der Waals surface area (Å²) in [6.07, 6.45) is 0. The zero-order valence-corrected chi connectivity index (χ0v) is 14.0. The summed E-state index contributed by atoms with van der Waals surface area (Å²) in [5, 5.41) is 7.14. The van der Waals surface area contributed by atoms with Gasteiger partial charge >= 0.3 is 0 Å². The summed E-state index contributed by atoms with van der Waals surface area (Å²) in [6.45, 7) is 3.70. The second-order valence-corrected chi connectivity index (χ2v) is 5.88. The van der Waals surface area contributed by atoms with Crippen LogP contribution in [0.3, 0.4) is 0 Å². The van der Waals surface area contributed by atoms with E-state index in [9.17, 15) is 8.78 Å². The number of halogens is 2. The fourth-order valence-electron chi connectivity index (χ4n) is 2.70. The second kappa shape index (κ2) is 6.18. The highest BCUT2D eigenvalue weighted by Crippen LogP contribution is 2.30. The van der Waals surface area contributed by atoms with E-state index in [4.69, 9.17) is 4.74 Å². The number of H-pyrrole nitrogens is 1. The van der Waals surface area contributed by atoms with Gasteiger partial charge in [-0.15, -0.1) is 0 Å². The molecular formula is C19H14F2N4O. The molecule has 4 aromatic rings. The van der Waals surface area contributed by atoms with Crippen molar-refractivity contribution in [2.45, 2.75) is 13.8 Å². The van der Waals surface area contributed by atoms with Gasteiger partial charge in [0.1, 0.15) is 17.0 Å². The molecule has 0 aliphatic rings. The minimum atomic E-state index is -0.811. The molecule has 0 fully saturated rings. The minimum absolute atomic E-state index is 0.117. The molecule has 0 aliphatic carbocycles. The van der Waals surface area contributed by atoms with Crippen molar-refractivity contribution in [3.05, 3.63) is 65.4 Å². The number of hydrogen-bond acceptors (Lipinski definition) is 4. The highest BCUT2D eigenvalue weighted by Gasteiger charge is 2.17. The molecule has 0 saturated carbocycles. The van der Waals surface area contributed by atoms with Crippen molar-refractivity contribution in [2.24, 2.45) is 0 Å². The fourth-order valence-corrected chi connectivity index (χ4v) is 2.70. The molecule has 0 bridgehead atoms. The van der Waals surface area contributed by atoms with Gasteiger partial charge in [0.2, 0.25) is 11.5 Å². The number of aromatic amines is 1. The van der Waals surface area contributed by atoms with Crippen molar-refractivity contribution in [3.8, 4) is 22.9 Å². The highest BCUT2D eigenvalue weighted by molar-refractivity contribution is 5.88. The Morgan fingerprint density at radius 1 is 1.00 bits per heavy atom. The van der Waals surface area contributed by atoms with Gasteiger partial charge in [-0.3, -0.25) is 5.10 Å². The number of rotatable bonds is 3. The van der Waals surface area contributed by atoms with Crippen molar-refractivity contribution < 1.29 is 13.5 Å². The molecule has 130 valence electrons. The van der Waals surface area contributed by atoms with Crippen molar-refractivity contribution >= 4 is 11.2 Å². The summed E-state index contributed by atoms with van der Waals surface area (Å²) in [6, 6.07) is 10.9. The normalized spacial score (nSPS) is 11.1. The van der Waals surface area contributed by atoms with Gasteiger partial charge in [0.15, 0.2) is 11.6 Å². The Kier molecular flexibility index (Phi) is 3.84. The lowest BCUT2D eigenvalue weighted by Crippen LogP contribution is -1.97. The summed E-state index contributed by atoms with van der Waals surface area (Å²) in [5.41, 5.74) is 4.23. The van der Waals surface area contributed by atoms with Crippen LogP contribution in [-0.2, 0) is 0 Å². The van der Waals surface area contributed by atoms with Gasteiger partial charge in [-0.05, 0) is 31.5 Å². The fraction of sp³-hybridized carbons (Fsp3) is 0.105. The topological polar surface area (TPSA) is 63.7 Å². The number of nitrogens with one attached hydrogen (secondary N) is 1. The molecule has 0 aliphatic heterocycles. The Balaban J connectivity index is 1.78. The summed E-state index contributed by atoms with van der Waals surface area (Å²) in [4.78, 5) is 8.84. The van der Waals surface area contributed by atoms with Gasteiger partial charge in [0.25, 0.3) is 0 Å². The van der Waals surface area contributed by atoms with Gasteiger partial charge in [0.05, 0.1) is 5.69 Å². The van der Waals surface area contributed by atoms with Gasteiger partial charge in [-0.1, -0.05) is 24.3 Å². The Labute approximate surface area is 147 Å². The Morgan fingerprint density at radius 3 is 2.58 bits per heavy atom. The van der Waals surface area contributed by atoms with Crippen molar-refractivity contribution in [3.63, 3.8) is 0 Å². The molecule has 7 heteroatoms. The largest absolute Gasteiger partial charge is 0.434 e. The Bertz CT molecular complexity index is 1120. The molecular weight excluding hydrogens is 338 g/mol. The molecule has 0 atom stereocenters. The van der Waals surface area contributed by atoms with Gasteiger partial charge < -0.3 is 4.74 Å². The molecule has 0 saturated heterocycles. The molecule has 5 nitrogen and oxygen atoms in total. The quantitative estimate of drug-likeness (QED) is 0.580. The first-order valence-corrected chi connectivity index (χ1v) is 7.94. The maximum atomic E-state index is 13.8. The van der Waals surface area contributed by atoms with Crippen LogP contribution < -0.4 is 4.74 Å². The monoisotopic (exact) mass is 352 g/mol. The molecule has 0 radical (unpaired) electrons. The van der Waals surface area contributed by atoms with Gasteiger partial charge in [-0.2, -0.15) is 10.1 Å². The number of nitrogens with zero attached hydrogens (tertiary/aromatic N) is 3. The third kappa shape index (κ3) is 2.77. The summed E-state index contributed by atoms with van der Waals surface area (Å²) in [5.74, 6) is -1.50. The summed E-state index contributed by atoms with van der Waals surface area (Å²) < 4.78 is 32.3. The van der Waals surface area contributed by atoms with E-state index in [2.05, 4.69) is 20.2 Å². The highest BCUT2D eigenvalue weighted by atomic mass is 19.1. The van der Waals surface area contributed by atoms with Crippen LogP contribution in [0.5, 0.6) is 11.6 Å². The minimum Gasteiger partial charge on any atom is -0.434 e. The molecule has 0 unspecified atom stereocenters. The predicted molar refractivity (Wildman–Crippen MR) is 93.0 cm³/mol. The molecule has 26 heavy (non-hydrogen) atoms. The van der Waals surface area contributed by atoms with Gasteiger partial charge in [0, 0.05) is 11.6 Å². The SMILES string of the molecule is Cc1ccccc1-c1[nH]nc2nc(Oc3ccc(F)cc3F)c(C)nc12. The average Bonchev–Trinajstić information content (AvgIpc) is 3.00. The number of fused-ring (bicyclic) bond motifs is 1. The third-order valence-electron chi connectivity index (χ3n) is 4.03. The van der Waals surface area contributed by atoms with E-state index in [-0.39, 0.29) is 11.6 Å². The average molecular weight is 352 g/mol. The van der Waals surface area contributed by atoms with Crippen molar-refractivity contribution in [1.82, 2.24) is 20.2 Å². The number of aromatic nitrogens is 4. The predicted octanol–water partition coefficient (Wildman–Crippen LogP) is 4.71. The number of aryl methyl sites for hydroxylation is 2. The second-order valence-electron chi connectivity index (χ2n) is 5.88. The van der Waals surface area contributed by atoms with Crippen LogP contribution in [0.25, 0.3) is 22.4 Å². The van der Waals surface area contributed by atoms with Crippen LogP contribution in [0.2, 0.25) is 0 Å². The van der Waals surface area contributed by atoms with Crippen molar-refractivity contribution in [2.75, 3.05) is 0 Å². The first-order chi connectivity index (χ1) is 12.5.